The SMILES string of the molecule is Cc1cccc(C=NC2C3CC32)c1O.Cc1cccc(C=NC2C3CCC32)c1O.Cc1cccc(C=NC2C3CCCC32)c1O.Cc1cccc(C=NC2C3CCCCC32)c1O.Cc1cccc(C=NC2CC3CC32)c1O.Cc1cccc(C=NC2CC3CCC32)c1O.[Cl][Zr][Cl].[Cl][Zr][Cl].[Cl][Zr][Cl].[Cl][Zr][Cl].[Cl][Zr][Cl].[Cl][Zr][Cl]. The van der Waals surface area contributed by atoms with Crippen molar-refractivity contribution in [2.75, 3.05) is 0 Å². The fourth-order valence-electron chi connectivity index (χ4n) is 15.7. The van der Waals surface area contributed by atoms with Crippen molar-refractivity contribution in [3.05, 3.63) is 176 Å². The molecule has 6 N–H and O–H groups in total. The van der Waals surface area contributed by atoms with Crippen molar-refractivity contribution in [2.24, 2.45) is 101 Å². The number of nitrogens with zero attached hydrogens (tertiary/aromatic N) is 6. The average Bonchev–Trinajstić information content (AvgIpc) is 1.54. The maximum atomic E-state index is 9.90. The molecule has 594 valence electrons. The van der Waals surface area contributed by atoms with Gasteiger partial charge in [-0.2, -0.15) is 0 Å². The number of para-hydroxylation sites is 6. The van der Waals surface area contributed by atoms with E-state index in [0.717, 1.165) is 138 Å². The van der Waals surface area contributed by atoms with E-state index in [0.29, 0.717) is 70.7 Å². The first-order valence-corrected chi connectivity index (χ1v) is 75.3. The topological polar surface area (TPSA) is 196 Å². The fourth-order valence-corrected chi connectivity index (χ4v) is 15.7. The minimum atomic E-state index is -0.826. The van der Waals surface area contributed by atoms with E-state index in [1.807, 2.05) is 188 Å². The summed E-state index contributed by atoms with van der Waals surface area (Å²) < 4.78 is 0. The first kappa shape index (κ1) is 99.0. The second kappa shape index (κ2) is 52.4. The maximum absolute atomic E-state index is 9.90. The first-order chi connectivity index (χ1) is 53.6. The van der Waals surface area contributed by atoms with Gasteiger partial charge in [-0.05, 0) is 259 Å². The van der Waals surface area contributed by atoms with Crippen LogP contribution in [-0.4, -0.2) is 104 Å². The van der Waals surface area contributed by atoms with Crippen LogP contribution in [0.2, 0.25) is 0 Å². The Labute approximate surface area is 769 Å². The summed E-state index contributed by atoms with van der Waals surface area (Å²) in [5, 5.41) is 58.9. The molecular weight excluding hydrogens is 2130 g/mol. The van der Waals surface area contributed by atoms with Gasteiger partial charge in [-0.25, -0.2) is 0 Å². The zero-order chi connectivity index (χ0) is 80.8. The van der Waals surface area contributed by atoms with E-state index in [9.17, 15) is 30.6 Å². The van der Waals surface area contributed by atoms with E-state index in [1.165, 1.54) is 96.3 Å². The van der Waals surface area contributed by atoms with Gasteiger partial charge in [0.1, 0.15) is 34.5 Å². The third-order valence-corrected chi connectivity index (χ3v) is 23.2. The van der Waals surface area contributed by atoms with Crippen LogP contribution < -0.4 is 0 Å². The molecule has 0 saturated heterocycles. The van der Waals surface area contributed by atoms with Gasteiger partial charge in [0.05, 0.1) is 36.3 Å². The summed E-state index contributed by atoms with van der Waals surface area (Å²) in [7, 11) is 59.2. The number of phenolic OH excluding ortho intramolecular Hbond substituents is 6. The molecule has 12 aliphatic carbocycles. The summed E-state index contributed by atoms with van der Waals surface area (Å²) in [5.41, 5.74) is 10.6. The molecule has 12 fully saturated rings. The van der Waals surface area contributed by atoms with E-state index in [1.54, 1.807) is 0 Å². The van der Waals surface area contributed by atoms with Crippen molar-refractivity contribution in [2.45, 2.75) is 174 Å². The second-order valence-corrected chi connectivity index (χ2v) is 52.1. The average molecular weight is 2220 g/mol. The molecule has 12 aliphatic rings. The summed E-state index contributed by atoms with van der Waals surface area (Å²) in [4.78, 5) is 27.4. The van der Waals surface area contributed by atoms with Gasteiger partial charge in [-0.3, -0.25) is 30.0 Å². The van der Waals surface area contributed by atoms with Gasteiger partial charge in [0.2, 0.25) is 0 Å². The van der Waals surface area contributed by atoms with Gasteiger partial charge in [-0.1, -0.05) is 92.1 Å². The third-order valence-electron chi connectivity index (χ3n) is 23.2. The molecule has 0 bridgehead atoms. The summed E-state index contributed by atoms with van der Waals surface area (Å²) in [5.74, 6) is 12.8. The standard InChI is InChI=1S/C15H19NO.2C14H17NO.2C13H15NO.C12H13NO.12ClH.6Zr/c1-10-5-4-6-11(15(10)17)9-16-14-12-7-2-3-8-13(12)14;1-9-4-2-5-10(14(9)16)8-15-13-11-6-3-7-12(11)13;1-9-3-2-4-11(14(9)16)8-15-13-7-10-5-6-12(10)13;1-8-3-2-4-9(13(8)15)7-14-12-6-10-5-11(10)12;1-8-3-2-4-9(13(8)15)7-14-12-10-5-6-11(10)12;1-7-3-2-4-8(12(7)14)6-13-11-9-5-10(9)11;;;;;;;;;;;;;;;;;;/h4-6,9,12-14,17H,2-3,7-8H2,1H3;2,4-5,8,11-13,16H,3,6-7H2,1H3;2-4,8,10,12-13,16H,5-7H2,1H3;2*2-4,7,10-12,15H,5-6H2,1H3;2-4,6,9-11,14H,5H2,1H3;12*1H;;;;;;/q;;;;;;;;;;;;;;;;;;6*+2/p-12. The predicted octanol–water partition coefficient (Wildman–Crippen LogP) is 24.6. The van der Waals surface area contributed by atoms with Crippen LogP contribution in [0.1, 0.15) is 163 Å². The number of rotatable bonds is 12. The molecule has 6 aromatic carbocycles. The molecule has 0 amide bonds. The Morgan fingerprint density at radius 3 is 0.676 bits per heavy atom. The number of hydrogen-bond donors (Lipinski definition) is 6. The van der Waals surface area contributed by atoms with Gasteiger partial charge in [0, 0.05) is 70.7 Å². The number of aromatic hydroxyl groups is 6. The number of fused-ring (bicyclic) bond motifs is 6. The molecule has 30 heteroatoms. The van der Waals surface area contributed by atoms with E-state index < -0.39 is 125 Å². The minimum absolute atomic E-state index is 0.366. The summed E-state index contributed by atoms with van der Waals surface area (Å²) in [6, 6.07) is 38.0. The van der Waals surface area contributed by atoms with Gasteiger partial charge in [-0.15, -0.1) is 0 Å². The number of aliphatic imine (C=N–C) groups is 6. The van der Waals surface area contributed by atoms with Crippen LogP contribution in [0.3, 0.4) is 0 Å². The Morgan fingerprint density at radius 2 is 0.477 bits per heavy atom. The quantitative estimate of drug-likeness (QED) is 0.0660. The van der Waals surface area contributed by atoms with Gasteiger partial charge < -0.3 is 30.6 Å². The zero-order valence-corrected chi connectivity index (χ0v) is 86.6. The monoisotopic (exact) mass is 2210 g/mol. The van der Waals surface area contributed by atoms with Gasteiger partial charge >= 0.3 is 227 Å². The summed E-state index contributed by atoms with van der Waals surface area (Å²) >= 11 is -4.95. The fraction of sp³-hybridized carbons (Fsp3) is 0.481. The molecule has 0 aliphatic heterocycles. The summed E-state index contributed by atoms with van der Waals surface area (Å²) in [6.07, 6.45) is 31.4. The van der Waals surface area contributed by atoms with Crippen molar-refractivity contribution >= 4 is 139 Å². The van der Waals surface area contributed by atoms with Gasteiger partial charge in [0.25, 0.3) is 0 Å². The number of phenols is 6. The first-order valence-electron chi connectivity index (χ1n) is 37.3. The van der Waals surface area contributed by atoms with Crippen LogP contribution in [0.4, 0.5) is 0 Å². The molecule has 111 heavy (non-hydrogen) atoms. The van der Waals surface area contributed by atoms with E-state index in [2.05, 4.69) is 30.0 Å². The van der Waals surface area contributed by atoms with Crippen LogP contribution in [0.15, 0.2) is 139 Å². The van der Waals surface area contributed by atoms with Crippen molar-refractivity contribution in [3.8, 4) is 34.5 Å². The molecule has 12 saturated carbocycles. The van der Waals surface area contributed by atoms with Crippen molar-refractivity contribution in [3.63, 3.8) is 0 Å². The Morgan fingerprint density at radius 1 is 0.252 bits per heavy atom. The van der Waals surface area contributed by atoms with E-state index in [4.69, 9.17) is 102 Å². The third kappa shape index (κ3) is 31.0. The number of halogens is 12. The molecule has 14 unspecified atom stereocenters. The predicted molar refractivity (Wildman–Crippen MR) is 447 cm³/mol. The Bertz CT molecular complexity index is 3890. The molecular formula is C81H96Cl12N6O6Zr6. The van der Waals surface area contributed by atoms with Crippen molar-refractivity contribution < 1.29 is 156 Å². The molecule has 6 aromatic rings. The normalized spacial score (nSPS) is 27.7. The molecule has 0 heterocycles. The molecule has 12 nitrogen and oxygen atoms in total. The summed E-state index contributed by atoms with van der Waals surface area (Å²) in [6.45, 7) is 11.5. The number of aryl methyl sites for hydroxylation is 6. The van der Waals surface area contributed by atoms with E-state index in [-0.39, 0.29) is 0 Å². The number of benzene rings is 6. The zero-order valence-electron chi connectivity index (χ0n) is 62.8. The van der Waals surface area contributed by atoms with Crippen LogP contribution in [0.25, 0.3) is 0 Å². The second-order valence-electron chi connectivity index (χ2n) is 29.7. The van der Waals surface area contributed by atoms with Crippen LogP contribution >= 0.6 is 102 Å². The molecule has 0 radical (unpaired) electrons. The van der Waals surface area contributed by atoms with Crippen molar-refractivity contribution in [1.82, 2.24) is 0 Å². The van der Waals surface area contributed by atoms with Gasteiger partial charge in [0.15, 0.2) is 0 Å². The Kier molecular flexibility index (Phi) is 46.7. The van der Waals surface area contributed by atoms with Crippen LogP contribution in [0.5, 0.6) is 34.5 Å². The van der Waals surface area contributed by atoms with Crippen LogP contribution in [0, 0.1) is 113 Å². The van der Waals surface area contributed by atoms with E-state index >= 15 is 0 Å². The number of hydrogen-bond acceptors (Lipinski definition) is 12. The molecule has 0 aromatic heterocycles. The molecule has 0 spiro atoms. The molecule has 14 atom stereocenters. The van der Waals surface area contributed by atoms with Crippen LogP contribution in [-0.2, 0) is 125 Å². The Hall–Kier alpha value is 0.919. The van der Waals surface area contributed by atoms with Crippen molar-refractivity contribution in [1.29, 1.82) is 0 Å². The molecule has 18 rings (SSSR count). The Balaban J connectivity index is 0.000000177.